The van der Waals surface area contributed by atoms with Crippen molar-refractivity contribution in [1.29, 1.82) is 5.26 Å². The molecule has 0 radical (unpaired) electrons. The molecule has 0 bridgehead atoms. The van der Waals surface area contributed by atoms with E-state index in [9.17, 15) is 20.2 Å². The lowest BCUT2D eigenvalue weighted by Gasteiger charge is -2.29. The number of carbonyl (C=O) groups is 1. The van der Waals surface area contributed by atoms with Crippen LogP contribution >= 0.6 is 0 Å². The molecule has 1 unspecified atom stereocenters. The fourth-order valence-electron chi connectivity index (χ4n) is 2.82. The van der Waals surface area contributed by atoms with Crippen LogP contribution in [0.15, 0.2) is 18.2 Å². The van der Waals surface area contributed by atoms with Crippen molar-refractivity contribution in [2.75, 3.05) is 0 Å². The van der Waals surface area contributed by atoms with Gasteiger partial charge >= 0.3 is 0 Å². The van der Waals surface area contributed by atoms with Crippen LogP contribution in [-0.2, 0) is 11.2 Å². The Labute approximate surface area is 117 Å². The van der Waals surface area contributed by atoms with E-state index in [-0.39, 0.29) is 17.9 Å². The maximum Gasteiger partial charge on any atom is 0.272 e. The number of nitro groups is 1. The Bertz CT molecular complexity index is 604. The van der Waals surface area contributed by atoms with Gasteiger partial charge in [-0.25, -0.2) is 0 Å². The third-order valence-corrected chi connectivity index (χ3v) is 4.11. The number of benzene rings is 1. The van der Waals surface area contributed by atoms with Crippen LogP contribution in [0.3, 0.4) is 0 Å². The van der Waals surface area contributed by atoms with Crippen molar-refractivity contribution in [3.63, 3.8) is 0 Å². The van der Waals surface area contributed by atoms with E-state index in [0.29, 0.717) is 18.4 Å². The smallest absolute Gasteiger partial charge is 0.272 e. The maximum absolute atomic E-state index is 12.1. The molecule has 1 aromatic carbocycles. The van der Waals surface area contributed by atoms with E-state index in [1.807, 2.05) is 0 Å². The average molecular weight is 272 g/mol. The second-order valence-corrected chi connectivity index (χ2v) is 5.32. The van der Waals surface area contributed by atoms with Gasteiger partial charge in [0.05, 0.1) is 11.0 Å². The van der Waals surface area contributed by atoms with Crippen molar-refractivity contribution in [2.24, 2.45) is 5.41 Å². The third kappa shape index (κ3) is 2.42. The Morgan fingerprint density at radius 3 is 2.80 bits per heavy atom. The minimum Gasteiger partial charge on any atom is -0.298 e. The molecule has 1 aliphatic carbocycles. The standard InChI is InChI=1S/C15H16N2O3/c1-11-12(5-4-6-13(11)17(19)20)9-15(10-16)8-3-2-7-14(15)18/h4-6H,2-3,7-9H2,1H3. The number of hydrogen-bond donors (Lipinski definition) is 0. The van der Waals surface area contributed by atoms with Crippen molar-refractivity contribution in [2.45, 2.75) is 39.0 Å². The quantitative estimate of drug-likeness (QED) is 0.625. The van der Waals surface area contributed by atoms with Crippen molar-refractivity contribution in [3.8, 4) is 6.07 Å². The van der Waals surface area contributed by atoms with Gasteiger partial charge in [-0.15, -0.1) is 0 Å². The third-order valence-electron chi connectivity index (χ3n) is 4.11. The number of nitriles is 1. The van der Waals surface area contributed by atoms with Gasteiger partial charge in [0.2, 0.25) is 0 Å². The highest BCUT2D eigenvalue weighted by molar-refractivity contribution is 5.88. The van der Waals surface area contributed by atoms with E-state index >= 15 is 0 Å². The lowest BCUT2D eigenvalue weighted by Crippen LogP contribution is -2.35. The summed E-state index contributed by atoms with van der Waals surface area (Å²) in [6.07, 6.45) is 2.94. The fourth-order valence-corrected chi connectivity index (χ4v) is 2.82. The van der Waals surface area contributed by atoms with Gasteiger partial charge in [-0.1, -0.05) is 18.6 Å². The highest BCUT2D eigenvalue weighted by Crippen LogP contribution is 2.37. The molecule has 1 fully saturated rings. The molecule has 1 aliphatic rings. The molecule has 0 heterocycles. The number of hydrogen-bond acceptors (Lipinski definition) is 4. The Morgan fingerprint density at radius 2 is 2.20 bits per heavy atom. The van der Waals surface area contributed by atoms with Gasteiger partial charge in [-0.3, -0.25) is 14.9 Å². The predicted octanol–water partition coefficient (Wildman–Crippen LogP) is 3.10. The summed E-state index contributed by atoms with van der Waals surface area (Å²) in [6, 6.07) is 6.99. The van der Waals surface area contributed by atoms with E-state index in [2.05, 4.69) is 6.07 Å². The van der Waals surface area contributed by atoms with E-state index in [0.717, 1.165) is 18.4 Å². The number of nitrogens with zero attached hydrogens (tertiary/aromatic N) is 2. The first-order chi connectivity index (χ1) is 9.50. The van der Waals surface area contributed by atoms with E-state index in [1.165, 1.54) is 6.07 Å². The van der Waals surface area contributed by atoms with Crippen LogP contribution in [0.1, 0.15) is 36.8 Å². The number of ketones is 1. The topological polar surface area (TPSA) is 84.0 Å². The molecule has 0 aromatic heterocycles. The van der Waals surface area contributed by atoms with Gasteiger partial charge in [0.1, 0.15) is 5.41 Å². The van der Waals surface area contributed by atoms with Crippen LogP contribution in [0.5, 0.6) is 0 Å². The molecule has 5 heteroatoms. The van der Waals surface area contributed by atoms with Crippen LogP contribution in [0, 0.1) is 33.8 Å². The summed E-state index contributed by atoms with van der Waals surface area (Å²) < 4.78 is 0. The van der Waals surface area contributed by atoms with Crippen LogP contribution in [0.4, 0.5) is 5.69 Å². The lowest BCUT2D eigenvalue weighted by atomic mass is 9.70. The molecule has 0 aliphatic heterocycles. The molecular weight excluding hydrogens is 256 g/mol. The monoisotopic (exact) mass is 272 g/mol. The van der Waals surface area contributed by atoms with Crippen molar-refractivity contribution < 1.29 is 9.72 Å². The van der Waals surface area contributed by atoms with Crippen molar-refractivity contribution in [1.82, 2.24) is 0 Å². The summed E-state index contributed by atoms with van der Waals surface area (Å²) in [5.74, 6) is -0.0304. The van der Waals surface area contributed by atoms with Crippen molar-refractivity contribution >= 4 is 11.5 Å². The summed E-state index contributed by atoms with van der Waals surface area (Å²) in [6.45, 7) is 1.67. The summed E-state index contributed by atoms with van der Waals surface area (Å²) in [5.41, 5.74) is 0.304. The van der Waals surface area contributed by atoms with Gasteiger partial charge in [0, 0.05) is 18.1 Å². The highest BCUT2D eigenvalue weighted by atomic mass is 16.6. The molecule has 2 rings (SSSR count). The number of rotatable bonds is 3. The van der Waals surface area contributed by atoms with E-state index in [4.69, 9.17) is 0 Å². The molecule has 0 amide bonds. The van der Waals surface area contributed by atoms with E-state index in [1.54, 1.807) is 19.1 Å². The molecule has 1 aromatic rings. The SMILES string of the molecule is Cc1c(CC2(C#N)CCCCC2=O)cccc1[N+](=O)[O-]. The van der Waals surface area contributed by atoms with Crippen LogP contribution in [0.25, 0.3) is 0 Å². The highest BCUT2D eigenvalue weighted by Gasteiger charge is 2.40. The Kier molecular flexibility index (Phi) is 3.84. The Balaban J connectivity index is 2.38. The molecule has 104 valence electrons. The van der Waals surface area contributed by atoms with Gasteiger partial charge < -0.3 is 0 Å². The summed E-state index contributed by atoms with van der Waals surface area (Å²) in [4.78, 5) is 22.6. The van der Waals surface area contributed by atoms with Crippen molar-refractivity contribution in [3.05, 3.63) is 39.4 Å². The fraction of sp³-hybridized carbons (Fsp3) is 0.467. The molecule has 0 saturated heterocycles. The number of Topliss-reactive ketones (excluding diaryl/α,β-unsaturated/α-hetero) is 1. The summed E-state index contributed by atoms with van der Waals surface area (Å²) >= 11 is 0. The zero-order valence-corrected chi connectivity index (χ0v) is 11.4. The van der Waals surface area contributed by atoms with Gasteiger partial charge in [-0.05, 0) is 31.7 Å². The minimum atomic E-state index is -1.00. The lowest BCUT2D eigenvalue weighted by molar-refractivity contribution is -0.385. The normalized spacial score (nSPS) is 22.3. The van der Waals surface area contributed by atoms with Crippen LogP contribution < -0.4 is 0 Å². The molecule has 1 saturated carbocycles. The van der Waals surface area contributed by atoms with Crippen LogP contribution in [-0.4, -0.2) is 10.7 Å². The number of carbonyl (C=O) groups excluding carboxylic acids is 1. The zero-order chi connectivity index (χ0) is 14.8. The first-order valence-corrected chi connectivity index (χ1v) is 6.67. The van der Waals surface area contributed by atoms with Gasteiger partial charge in [0.15, 0.2) is 5.78 Å². The Hall–Kier alpha value is -2.22. The second kappa shape index (κ2) is 5.41. The van der Waals surface area contributed by atoms with Gasteiger partial charge in [-0.2, -0.15) is 5.26 Å². The summed E-state index contributed by atoms with van der Waals surface area (Å²) in [5, 5.41) is 20.4. The summed E-state index contributed by atoms with van der Waals surface area (Å²) in [7, 11) is 0. The Morgan fingerprint density at radius 1 is 1.45 bits per heavy atom. The zero-order valence-electron chi connectivity index (χ0n) is 11.4. The van der Waals surface area contributed by atoms with Gasteiger partial charge in [0.25, 0.3) is 5.69 Å². The maximum atomic E-state index is 12.1. The van der Waals surface area contributed by atoms with Crippen LogP contribution in [0.2, 0.25) is 0 Å². The minimum absolute atomic E-state index is 0.0304. The van der Waals surface area contributed by atoms with E-state index < -0.39 is 10.3 Å². The molecule has 5 nitrogen and oxygen atoms in total. The molecule has 20 heavy (non-hydrogen) atoms. The predicted molar refractivity (Wildman–Crippen MR) is 73.1 cm³/mol. The molecule has 1 atom stereocenters. The second-order valence-electron chi connectivity index (χ2n) is 5.32. The molecular formula is C15H16N2O3. The largest absolute Gasteiger partial charge is 0.298 e. The first-order valence-electron chi connectivity index (χ1n) is 6.67. The average Bonchev–Trinajstić information content (AvgIpc) is 2.43. The number of nitro benzene ring substituents is 1. The first kappa shape index (κ1) is 14.2. The molecule has 0 spiro atoms. The molecule has 0 N–H and O–H groups in total.